The number of carboxylic acid groups (broad SMARTS) is 1. The summed E-state index contributed by atoms with van der Waals surface area (Å²) in [7, 11) is 0. The van der Waals surface area contributed by atoms with Gasteiger partial charge in [-0.15, -0.1) is 11.3 Å². The van der Waals surface area contributed by atoms with Crippen LogP contribution in [0.4, 0.5) is 0 Å². The summed E-state index contributed by atoms with van der Waals surface area (Å²) >= 11 is 7.61. The molecular formula is C21H20ClNO3S2. The third-order valence-electron chi connectivity index (χ3n) is 4.18. The van der Waals surface area contributed by atoms with Crippen LogP contribution in [0.15, 0.2) is 60.0 Å². The molecular weight excluding hydrogens is 414 g/mol. The highest BCUT2D eigenvalue weighted by atomic mass is 35.5. The van der Waals surface area contributed by atoms with Crippen molar-refractivity contribution in [2.24, 2.45) is 5.92 Å². The van der Waals surface area contributed by atoms with E-state index in [9.17, 15) is 14.7 Å². The van der Waals surface area contributed by atoms with Gasteiger partial charge in [0.05, 0.1) is 16.6 Å². The molecule has 1 atom stereocenters. The van der Waals surface area contributed by atoms with E-state index in [2.05, 4.69) is 4.98 Å². The Morgan fingerprint density at radius 2 is 1.75 bits per heavy atom. The summed E-state index contributed by atoms with van der Waals surface area (Å²) in [4.78, 5) is 28.4. The number of aliphatic carboxylic acids is 1. The Labute approximate surface area is 179 Å². The van der Waals surface area contributed by atoms with Gasteiger partial charge in [0.2, 0.25) is 0 Å². The highest BCUT2D eigenvalue weighted by Crippen LogP contribution is 2.30. The second-order valence-corrected chi connectivity index (χ2v) is 7.53. The normalized spacial score (nSPS) is 11.5. The van der Waals surface area contributed by atoms with Gasteiger partial charge in [-0.1, -0.05) is 60.1 Å². The summed E-state index contributed by atoms with van der Waals surface area (Å²) in [5.74, 6) is -1.82. The lowest BCUT2D eigenvalue weighted by Crippen LogP contribution is -2.21. The molecule has 0 saturated carbocycles. The zero-order valence-corrected chi connectivity index (χ0v) is 17.5. The highest BCUT2D eigenvalue weighted by molar-refractivity contribution is 7.59. The number of hydrogen-bond donors (Lipinski definition) is 1. The molecule has 28 heavy (non-hydrogen) atoms. The maximum atomic E-state index is 12.4. The van der Waals surface area contributed by atoms with E-state index in [0.29, 0.717) is 17.1 Å². The Morgan fingerprint density at radius 3 is 2.43 bits per heavy atom. The molecule has 2 aromatic carbocycles. The van der Waals surface area contributed by atoms with Crippen LogP contribution >= 0.6 is 36.4 Å². The third kappa shape index (κ3) is 5.92. The van der Waals surface area contributed by atoms with Crippen molar-refractivity contribution in [1.29, 1.82) is 0 Å². The SMILES string of the molecule is O=C(Cc1csc(-c2ccccc2Cl)n1)C[C@@H](Cc1ccccc1)C(=O)O.S. The van der Waals surface area contributed by atoms with Crippen molar-refractivity contribution in [1.82, 2.24) is 4.98 Å². The van der Waals surface area contributed by atoms with Crippen molar-refractivity contribution >= 4 is 48.2 Å². The summed E-state index contributed by atoms with van der Waals surface area (Å²) in [5.41, 5.74) is 2.38. The third-order valence-corrected chi connectivity index (χ3v) is 5.44. The highest BCUT2D eigenvalue weighted by Gasteiger charge is 2.22. The monoisotopic (exact) mass is 433 g/mol. The first kappa shape index (κ1) is 22.1. The quantitative estimate of drug-likeness (QED) is 0.541. The number of nitrogens with zero attached hydrogens (tertiary/aromatic N) is 1. The molecule has 4 nitrogen and oxygen atoms in total. The van der Waals surface area contributed by atoms with E-state index in [1.807, 2.05) is 53.9 Å². The van der Waals surface area contributed by atoms with Gasteiger partial charge in [0, 0.05) is 23.8 Å². The predicted molar refractivity (Wildman–Crippen MR) is 118 cm³/mol. The summed E-state index contributed by atoms with van der Waals surface area (Å²) in [5, 5.41) is 12.6. The lowest BCUT2D eigenvalue weighted by atomic mass is 9.93. The number of carbonyl (C=O) groups excluding carboxylic acids is 1. The molecule has 146 valence electrons. The molecule has 0 aliphatic carbocycles. The van der Waals surface area contributed by atoms with Crippen LogP contribution in [0.1, 0.15) is 17.7 Å². The number of benzene rings is 2. The Hall–Kier alpha value is -2.15. The molecule has 0 radical (unpaired) electrons. The van der Waals surface area contributed by atoms with Crippen LogP contribution in [0.3, 0.4) is 0 Å². The molecule has 0 aliphatic heterocycles. The predicted octanol–water partition coefficient (Wildman–Crippen LogP) is 5.02. The van der Waals surface area contributed by atoms with Crippen LogP contribution in [-0.4, -0.2) is 21.8 Å². The van der Waals surface area contributed by atoms with Gasteiger partial charge in [-0.25, -0.2) is 4.98 Å². The maximum Gasteiger partial charge on any atom is 0.307 e. The van der Waals surface area contributed by atoms with Crippen LogP contribution < -0.4 is 0 Å². The molecule has 3 rings (SSSR count). The van der Waals surface area contributed by atoms with Crippen LogP contribution in [0, 0.1) is 5.92 Å². The molecule has 0 amide bonds. The van der Waals surface area contributed by atoms with Gasteiger partial charge >= 0.3 is 5.97 Å². The summed E-state index contributed by atoms with van der Waals surface area (Å²) in [6, 6.07) is 16.8. The van der Waals surface area contributed by atoms with Gasteiger partial charge in [0.1, 0.15) is 10.8 Å². The Balaban J connectivity index is 0.00000280. The summed E-state index contributed by atoms with van der Waals surface area (Å²) in [6.07, 6.45) is 0.451. The van der Waals surface area contributed by atoms with Gasteiger partial charge in [0.25, 0.3) is 0 Å². The maximum absolute atomic E-state index is 12.4. The van der Waals surface area contributed by atoms with Gasteiger partial charge in [-0.2, -0.15) is 13.5 Å². The zero-order chi connectivity index (χ0) is 19.2. The van der Waals surface area contributed by atoms with Crippen molar-refractivity contribution in [2.75, 3.05) is 0 Å². The van der Waals surface area contributed by atoms with Crippen molar-refractivity contribution < 1.29 is 14.7 Å². The van der Waals surface area contributed by atoms with E-state index in [4.69, 9.17) is 11.6 Å². The number of aromatic nitrogens is 1. The standard InChI is InChI=1S/C21H18ClNO3S.H2S/c22-19-9-5-4-8-18(19)20-23-16(13-27-20)12-17(24)11-15(21(25)26)10-14-6-2-1-3-7-14;/h1-9,13,15H,10-12H2,(H,25,26);1H2/t15-;/m1./s1. The molecule has 1 aromatic heterocycles. The smallest absolute Gasteiger partial charge is 0.307 e. The van der Waals surface area contributed by atoms with Crippen molar-refractivity contribution in [3.05, 3.63) is 76.3 Å². The number of ketones is 1. The Morgan fingerprint density at radius 1 is 1.07 bits per heavy atom. The minimum absolute atomic E-state index is 0. The van der Waals surface area contributed by atoms with Crippen molar-refractivity contribution in [3.63, 3.8) is 0 Å². The molecule has 1 heterocycles. The number of Topliss-reactive ketones (excluding diaryl/α,β-unsaturated/α-hetero) is 1. The number of halogens is 1. The summed E-state index contributed by atoms with van der Waals surface area (Å²) in [6.45, 7) is 0. The molecule has 0 saturated heterocycles. The van der Waals surface area contributed by atoms with Crippen molar-refractivity contribution in [2.45, 2.75) is 19.3 Å². The number of thiazole rings is 1. The zero-order valence-electron chi connectivity index (χ0n) is 15.0. The topological polar surface area (TPSA) is 67.3 Å². The van der Waals surface area contributed by atoms with Crippen LogP contribution in [-0.2, 0) is 22.4 Å². The van der Waals surface area contributed by atoms with Crippen LogP contribution in [0.25, 0.3) is 10.6 Å². The van der Waals surface area contributed by atoms with E-state index in [0.717, 1.165) is 16.1 Å². The molecule has 0 unspecified atom stereocenters. The van der Waals surface area contributed by atoms with Gasteiger partial charge in [-0.3, -0.25) is 9.59 Å². The molecule has 0 spiro atoms. The second kappa shape index (κ2) is 10.4. The van der Waals surface area contributed by atoms with Crippen LogP contribution in [0.2, 0.25) is 5.02 Å². The first-order valence-corrected chi connectivity index (χ1v) is 9.76. The average molecular weight is 434 g/mol. The Kier molecular flexibility index (Phi) is 8.23. The minimum Gasteiger partial charge on any atom is -0.481 e. The fraction of sp³-hybridized carbons (Fsp3) is 0.190. The van der Waals surface area contributed by atoms with Gasteiger partial charge in [-0.05, 0) is 18.1 Å². The van der Waals surface area contributed by atoms with E-state index >= 15 is 0 Å². The van der Waals surface area contributed by atoms with E-state index in [1.165, 1.54) is 11.3 Å². The molecule has 1 N–H and O–H groups in total. The summed E-state index contributed by atoms with van der Waals surface area (Å²) < 4.78 is 0. The molecule has 3 aromatic rings. The van der Waals surface area contributed by atoms with Gasteiger partial charge in [0.15, 0.2) is 0 Å². The molecule has 7 heteroatoms. The minimum atomic E-state index is -0.956. The molecule has 0 bridgehead atoms. The number of carbonyl (C=O) groups is 2. The Bertz CT molecular complexity index is 944. The number of carboxylic acids is 1. The van der Waals surface area contributed by atoms with E-state index in [1.54, 1.807) is 6.07 Å². The number of rotatable bonds is 8. The average Bonchev–Trinajstić information content (AvgIpc) is 3.10. The number of hydrogen-bond acceptors (Lipinski definition) is 4. The first-order valence-electron chi connectivity index (χ1n) is 8.50. The van der Waals surface area contributed by atoms with Crippen molar-refractivity contribution in [3.8, 4) is 10.6 Å². The largest absolute Gasteiger partial charge is 0.481 e. The van der Waals surface area contributed by atoms with Gasteiger partial charge < -0.3 is 5.11 Å². The lowest BCUT2D eigenvalue weighted by molar-refractivity contribution is -0.143. The fourth-order valence-corrected chi connectivity index (χ4v) is 3.98. The first-order chi connectivity index (χ1) is 13.0. The molecule has 0 fully saturated rings. The van der Waals surface area contributed by atoms with E-state index in [-0.39, 0.29) is 32.1 Å². The van der Waals surface area contributed by atoms with Crippen LogP contribution in [0.5, 0.6) is 0 Å². The fourth-order valence-electron chi connectivity index (χ4n) is 2.84. The molecule has 0 aliphatic rings. The second-order valence-electron chi connectivity index (χ2n) is 6.27. The van der Waals surface area contributed by atoms with E-state index < -0.39 is 11.9 Å². The lowest BCUT2D eigenvalue weighted by Gasteiger charge is -2.11.